The van der Waals surface area contributed by atoms with Crippen LogP contribution in [0.25, 0.3) is 10.1 Å². The topological polar surface area (TPSA) is 66.4 Å². The molecule has 21 heavy (non-hydrogen) atoms. The predicted molar refractivity (Wildman–Crippen MR) is 80.3 cm³/mol. The van der Waals surface area contributed by atoms with Crippen LogP contribution in [0.15, 0.2) is 18.2 Å². The van der Waals surface area contributed by atoms with Gasteiger partial charge in [-0.3, -0.25) is 9.59 Å². The third kappa shape index (κ3) is 3.05. The number of thiophene rings is 1. The summed E-state index contributed by atoms with van der Waals surface area (Å²) in [5.41, 5.74) is 0.592. The summed E-state index contributed by atoms with van der Waals surface area (Å²) in [5.74, 6) is -2.25. The van der Waals surface area contributed by atoms with Crippen LogP contribution in [0.4, 0.5) is 4.39 Å². The first-order valence-electron chi connectivity index (χ1n) is 6.64. The highest BCUT2D eigenvalue weighted by molar-refractivity contribution is 7.21. The molecule has 1 amide bonds. The van der Waals surface area contributed by atoms with Crippen LogP contribution < -0.4 is 5.32 Å². The van der Waals surface area contributed by atoms with Crippen LogP contribution in [-0.4, -0.2) is 23.5 Å². The van der Waals surface area contributed by atoms with Gasteiger partial charge in [-0.2, -0.15) is 0 Å². The Balaban J connectivity index is 2.22. The average molecular weight is 309 g/mol. The number of hydrogen-bond donors (Lipinski definition) is 2. The molecule has 0 bridgehead atoms. The molecule has 0 radical (unpaired) electrons. The molecule has 1 atom stereocenters. The first kappa shape index (κ1) is 15.4. The van der Waals surface area contributed by atoms with Gasteiger partial charge in [0.05, 0.1) is 10.8 Å². The molecule has 2 aromatic rings. The van der Waals surface area contributed by atoms with Gasteiger partial charge in [0.1, 0.15) is 5.82 Å². The molecule has 2 N–H and O–H groups in total. The van der Waals surface area contributed by atoms with E-state index in [4.69, 9.17) is 5.11 Å². The highest BCUT2D eigenvalue weighted by Gasteiger charge is 2.20. The summed E-state index contributed by atoms with van der Waals surface area (Å²) in [6.07, 6.45) is 0.440. The maximum Gasteiger partial charge on any atom is 0.308 e. The zero-order valence-electron chi connectivity index (χ0n) is 11.8. The van der Waals surface area contributed by atoms with E-state index in [0.29, 0.717) is 26.9 Å². The molecule has 0 aliphatic rings. The number of aliphatic carboxylic acids is 1. The molecule has 4 nitrogen and oxygen atoms in total. The lowest BCUT2D eigenvalue weighted by atomic mass is 10.1. The summed E-state index contributed by atoms with van der Waals surface area (Å²) in [5, 5.41) is 12.0. The van der Waals surface area contributed by atoms with E-state index < -0.39 is 11.9 Å². The molecule has 1 aromatic heterocycles. The van der Waals surface area contributed by atoms with Gasteiger partial charge in [0.25, 0.3) is 5.91 Å². The Kier molecular flexibility index (Phi) is 4.57. The smallest absolute Gasteiger partial charge is 0.308 e. The van der Waals surface area contributed by atoms with Crippen molar-refractivity contribution >= 4 is 33.3 Å². The molecule has 2 rings (SSSR count). The van der Waals surface area contributed by atoms with Crippen molar-refractivity contribution in [2.24, 2.45) is 5.92 Å². The van der Waals surface area contributed by atoms with Gasteiger partial charge < -0.3 is 10.4 Å². The molecular weight excluding hydrogens is 293 g/mol. The Morgan fingerprint density at radius 2 is 2.14 bits per heavy atom. The van der Waals surface area contributed by atoms with E-state index in [0.717, 1.165) is 0 Å². The van der Waals surface area contributed by atoms with Gasteiger partial charge in [-0.1, -0.05) is 13.0 Å². The second kappa shape index (κ2) is 6.22. The lowest BCUT2D eigenvalue weighted by Crippen LogP contribution is -2.32. The minimum Gasteiger partial charge on any atom is -0.481 e. The number of nitrogens with one attached hydrogen (secondary N) is 1. The van der Waals surface area contributed by atoms with Crippen LogP contribution in [0.5, 0.6) is 0 Å². The Bertz CT molecular complexity index is 696. The van der Waals surface area contributed by atoms with E-state index in [9.17, 15) is 14.0 Å². The number of carboxylic acid groups (broad SMARTS) is 1. The van der Waals surface area contributed by atoms with E-state index in [-0.39, 0.29) is 18.3 Å². The number of amides is 1. The largest absolute Gasteiger partial charge is 0.481 e. The Hall–Kier alpha value is -1.95. The second-order valence-electron chi connectivity index (χ2n) is 4.82. The maximum atomic E-state index is 13.8. The minimum atomic E-state index is -0.933. The number of carbonyl (C=O) groups is 2. The first-order chi connectivity index (χ1) is 9.95. The highest BCUT2D eigenvalue weighted by Crippen LogP contribution is 2.32. The van der Waals surface area contributed by atoms with E-state index in [1.807, 2.05) is 0 Å². The van der Waals surface area contributed by atoms with Gasteiger partial charge in [0, 0.05) is 16.6 Å². The minimum absolute atomic E-state index is 0.0703. The van der Waals surface area contributed by atoms with Crippen LogP contribution in [0, 0.1) is 18.7 Å². The number of carboxylic acids is 1. The number of carbonyl (C=O) groups excluding carboxylic acids is 1. The van der Waals surface area contributed by atoms with Gasteiger partial charge in [0.15, 0.2) is 0 Å². The van der Waals surface area contributed by atoms with E-state index in [2.05, 4.69) is 5.32 Å². The van der Waals surface area contributed by atoms with Gasteiger partial charge in [-0.25, -0.2) is 4.39 Å². The standard InChI is InChI=1S/C15H16FNO3S/c1-3-9(15(19)20)7-17-14(18)13-8(2)12-10(16)5-4-6-11(12)21-13/h4-6,9H,3,7H2,1-2H3,(H,17,18)(H,19,20). The lowest BCUT2D eigenvalue weighted by molar-refractivity contribution is -0.141. The molecule has 6 heteroatoms. The normalized spacial score (nSPS) is 12.3. The summed E-state index contributed by atoms with van der Waals surface area (Å²) in [6.45, 7) is 3.52. The van der Waals surface area contributed by atoms with Crippen LogP contribution in [0.3, 0.4) is 0 Å². The van der Waals surface area contributed by atoms with Crippen molar-refractivity contribution in [1.82, 2.24) is 5.32 Å². The third-order valence-electron chi connectivity index (χ3n) is 3.46. The van der Waals surface area contributed by atoms with Crippen molar-refractivity contribution in [2.75, 3.05) is 6.54 Å². The quantitative estimate of drug-likeness (QED) is 0.891. The molecule has 0 aliphatic heterocycles. The summed E-state index contributed by atoms with van der Waals surface area (Å²) in [7, 11) is 0. The van der Waals surface area contributed by atoms with E-state index in [1.54, 1.807) is 26.0 Å². The molecule has 112 valence electrons. The Labute approximate surface area is 125 Å². The fourth-order valence-corrected chi connectivity index (χ4v) is 3.31. The van der Waals surface area contributed by atoms with Crippen molar-refractivity contribution in [2.45, 2.75) is 20.3 Å². The summed E-state index contributed by atoms with van der Waals surface area (Å²) in [6, 6.07) is 4.73. The number of rotatable bonds is 5. The summed E-state index contributed by atoms with van der Waals surface area (Å²) < 4.78 is 14.5. The molecule has 0 fully saturated rings. The third-order valence-corrected chi connectivity index (χ3v) is 4.72. The number of hydrogen-bond acceptors (Lipinski definition) is 3. The van der Waals surface area contributed by atoms with E-state index >= 15 is 0 Å². The molecule has 1 unspecified atom stereocenters. The van der Waals surface area contributed by atoms with Crippen LogP contribution >= 0.6 is 11.3 Å². The molecule has 0 spiro atoms. The second-order valence-corrected chi connectivity index (χ2v) is 5.87. The predicted octanol–water partition coefficient (Wildman–Crippen LogP) is 3.19. The number of halogens is 1. The maximum absolute atomic E-state index is 13.8. The number of fused-ring (bicyclic) bond motifs is 1. The molecule has 0 saturated carbocycles. The molecular formula is C15H16FNO3S. The zero-order chi connectivity index (χ0) is 15.6. The van der Waals surface area contributed by atoms with Gasteiger partial charge in [0.2, 0.25) is 0 Å². The zero-order valence-corrected chi connectivity index (χ0v) is 12.6. The molecule has 1 heterocycles. The Morgan fingerprint density at radius 1 is 1.43 bits per heavy atom. The van der Waals surface area contributed by atoms with Crippen molar-refractivity contribution in [3.8, 4) is 0 Å². The van der Waals surface area contributed by atoms with Crippen molar-refractivity contribution in [3.63, 3.8) is 0 Å². The van der Waals surface area contributed by atoms with Crippen LogP contribution in [0.2, 0.25) is 0 Å². The van der Waals surface area contributed by atoms with Gasteiger partial charge >= 0.3 is 5.97 Å². The van der Waals surface area contributed by atoms with Gasteiger partial charge in [-0.05, 0) is 31.0 Å². The number of benzene rings is 1. The number of aryl methyl sites for hydroxylation is 1. The van der Waals surface area contributed by atoms with Crippen molar-refractivity contribution in [1.29, 1.82) is 0 Å². The van der Waals surface area contributed by atoms with Crippen molar-refractivity contribution < 1.29 is 19.1 Å². The van der Waals surface area contributed by atoms with E-state index in [1.165, 1.54) is 17.4 Å². The SMILES string of the molecule is CCC(CNC(=O)c1sc2cccc(F)c2c1C)C(=O)O. The summed E-state index contributed by atoms with van der Waals surface area (Å²) >= 11 is 1.21. The lowest BCUT2D eigenvalue weighted by Gasteiger charge is -2.10. The fourth-order valence-electron chi connectivity index (χ4n) is 2.17. The fraction of sp³-hybridized carbons (Fsp3) is 0.333. The average Bonchev–Trinajstić information content (AvgIpc) is 2.77. The van der Waals surface area contributed by atoms with Crippen LogP contribution in [0.1, 0.15) is 28.6 Å². The monoisotopic (exact) mass is 309 g/mol. The highest BCUT2D eigenvalue weighted by atomic mass is 32.1. The first-order valence-corrected chi connectivity index (χ1v) is 7.46. The molecule has 0 aliphatic carbocycles. The molecule has 1 aromatic carbocycles. The van der Waals surface area contributed by atoms with Gasteiger partial charge in [-0.15, -0.1) is 11.3 Å². The summed E-state index contributed by atoms with van der Waals surface area (Å²) in [4.78, 5) is 23.5. The van der Waals surface area contributed by atoms with Crippen LogP contribution in [-0.2, 0) is 4.79 Å². The molecule has 0 saturated heterocycles. The van der Waals surface area contributed by atoms with Crippen molar-refractivity contribution in [3.05, 3.63) is 34.5 Å². The Morgan fingerprint density at radius 3 is 2.71 bits per heavy atom.